The Balaban J connectivity index is 2.56. The van der Waals surface area contributed by atoms with Crippen LogP contribution in [-0.2, 0) is 9.53 Å². The van der Waals surface area contributed by atoms with Gasteiger partial charge in [0, 0.05) is 22.3 Å². The van der Waals surface area contributed by atoms with E-state index in [-0.39, 0.29) is 5.97 Å². The average molecular weight is 298 g/mol. The van der Waals surface area contributed by atoms with Crippen LogP contribution < -0.4 is 5.32 Å². The fourth-order valence-corrected chi connectivity index (χ4v) is 1.90. The van der Waals surface area contributed by atoms with Crippen molar-refractivity contribution in [2.24, 2.45) is 0 Å². The van der Waals surface area contributed by atoms with Crippen LogP contribution in [0.2, 0.25) is 0 Å². The van der Waals surface area contributed by atoms with Crippen molar-refractivity contribution in [2.45, 2.75) is 13.8 Å². The number of ether oxygens (including phenoxy) is 1. The van der Waals surface area contributed by atoms with Crippen LogP contribution in [0.1, 0.15) is 12.5 Å². The lowest BCUT2D eigenvalue weighted by molar-refractivity contribution is -0.138. The summed E-state index contributed by atoms with van der Waals surface area (Å²) in [5.74, 6) is -0.358. The lowest BCUT2D eigenvalue weighted by Gasteiger charge is -2.10. The van der Waals surface area contributed by atoms with Crippen molar-refractivity contribution in [2.75, 3.05) is 18.5 Å². The number of aryl methyl sites for hydroxylation is 1. The van der Waals surface area contributed by atoms with Gasteiger partial charge in [-0.25, -0.2) is 4.79 Å². The number of hydrogen-bond acceptors (Lipinski definition) is 3. The molecule has 0 bridgehead atoms. The summed E-state index contributed by atoms with van der Waals surface area (Å²) in [6, 6.07) is 5.97. The monoisotopic (exact) mass is 297 g/mol. The second-order valence-corrected chi connectivity index (χ2v) is 4.52. The highest BCUT2D eigenvalue weighted by atomic mass is 79.9. The number of esters is 1. The predicted octanol–water partition coefficient (Wildman–Crippen LogP) is 3.29. The maximum absolute atomic E-state index is 11.3. The van der Waals surface area contributed by atoms with Gasteiger partial charge in [0.1, 0.15) is 0 Å². The second kappa shape index (κ2) is 6.45. The molecule has 0 aliphatic heterocycles. The molecule has 0 fully saturated rings. The number of nitrogens with one attached hydrogen (secondary N) is 1. The van der Waals surface area contributed by atoms with Crippen molar-refractivity contribution < 1.29 is 9.53 Å². The molecule has 1 N–H and O–H groups in total. The minimum Gasteiger partial charge on any atom is -0.463 e. The van der Waals surface area contributed by atoms with Crippen LogP contribution in [0.15, 0.2) is 34.8 Å². The summed E-state index contributed by atoms with van der Waals surface area (Å²) >= 11 is 3.46. The molecule has 92 valence electrons. The Bertz CT molecular complexity index is 429. The maximum Gasteiger partial charge on any atom is 0.335 e. The lowest BCUT2D eigenvalue weighted by Crippen LogP contribution is -2.14. The molecule has 3 nitrogen and oxygen atoms in total. The van der Waals surface area contributed by atoms with E-state index in [1.54, 1.807) is 6.92 Å². The van der Waals surface area contributed by atoms with Crippen LogP contribution in [0.5, 0.6) is 0 Å². The SMILES string of the molecule is C=C(CNc1ccc(C)cc1Br)C(=O)OCC. The number of carbonyl (C=O) groups excluding carboxylic acids is 1. The maximum atomic E-state index is 11.3. The van der Waals surface area contributed by atoms with E-state index in [0.717, 1.165) is 10.2 Å². The van der Waals surface area contributed by atoms with E-state index in [0.29, 0.717) is 18.7 Å². The second-order valence-electron chi connectivity index (χ2n) is 3.66. The van der Waals surface area contributed by atoms with Crippen molar-refractivity contribution in [3.63, 3.8) is 0 Å². The third kappa shape index (κ3) is 4.23. The molecule has 4 heteroatoms. The zero-order valence-corrected chi connectivity index (χ0v) is 11.6. The van der Waals surface area contributed by atoms with Crippen molar-refractivity contribution >= 4 is 27.6 Å². The van der Waals surface area contributed by atoms with Gasteiger partial charge in [-0.3, -0.25) is 0 Å². The molecule has 17 heavy (non-hydrogen) atoms. The van der Waals surface area contributed by atoms with Gasteiger partial charge in [-0.1, -0.05) is 12.6 Å². The summed E-state index contributed by atoms with van der Waals surface area (Å²) in [4.78, 5) is 11.3. The summed E-state index contributed by atoms with van der Waals surface area (Å²) in [5.41, 5.74) is 2.52. The van der Waals surface area contributed by atoms with Gasteiger partial charge in [-0.2, -0.15) is 0 Å². The van der Waals surface area contributed by atoms with Gasteiger partial charge in [-0.05, 0) is 47.5 Å². The number of benzene rings is 1. The molecule has 0 amide bonds. The van der Waals surface area contributed by atoms with Gasteiger partial charge in [0.2, 0.25) is 0 Å². The van der Waals surface area contributed by atoms with Gasteiger partial charge in [0.05, 0.1) is 6.61 Å². The molecule has 1 aromatic carbocycles. The van der Waals surface area contributed by atoms with Crippen molar-refractivity contribution in [3.05, 3.63) is 40.4 Å². The molecule has 1 rings (SSSR count). The van der Waals surface area contributed by atoms with E-state index in [9.17, 15) is 4.79 Å². The third-order valence-corrected chi connectivity index (χ3v) is 2.84. The normalized spacial score (nSPS) is 9.82. The molecule has 0 aromatic heterocycles. The molecule has 0 radical (unpaired) electrons. The number of rotatable bonds is 5. The van der Waals surface area contributed by atoms with Gasteiger partial charge >= 0.3 is 5.97 Å². The van der Waals surface area contributed by atoms with Crippen LogP contribution in [0.3, 0.4) is 0 Å². The molecule has 0 saturated carbocycles. The highest BCUT2D eigenvalue weighted by molar-refractivity contribution is 9.10. The Morgan fingerprint density at radius 2 is 2.24 bits per heavy atom. The van der Waals surface area contributed by atoms with E-state index in [2.05, 4.69) is 27.8 Å². The summed E-state index contributed by atoms with van der Waals surface area (Å²) in [5, 5.41) is 3.13. The standard InChI is InChI=1S/C13H16BrNO2/c1-4-17-13(16)10(3)8-15-12-6-5-9(2)7-11(12)14/h5-7,15H,3-4,8H2,1-2H3. The number of halogens is 1. The number of anilines is 1. The summed E-state index contributed by atoms with van der Waals surface area (Å²) in [6.45, 7) is 8.22. The fraction of sp³-hybridized carbons (Fsp3) is 0.308. The molecule has 0 aliphatic carbocycles. The number of hydrogen-bond donors (Lipinski definition) is 1. The quantitative estimate of drug-likeness (QED) is 0.669. The highest BCUT2D eigenvalue weighted by Gasteiger charge is 2.08. The van der Waals surface area contributed by atoms with Gasteiger partial charge in [0.25, 0.3) is 0 Å². The van der Waals surface area contributed by atoms with E-state index < -0.39 is 0 Å². The van der Waals surface area contributed by atoms with Crippen LogP contribution in [0.4, 0.5) is 5.69 Å². The Morgan fingerprint density at radius 1 is 1.53 bits per heavy atom. The molecule has 0 saturated heterocycles. The molecule has 0 aliphatic rings. The van der Waals surface area contributed by atoms with E-state index in [4.69, 9.17) is 4.74 Å². The van der Waals surface area contributed by atoms with Crippen LogP contribution in [-0.4, -0.2) is 19.1 Å². The molecule has 0 spiro atoms. The Kier molecular flexibility index (Phi) is 5.22. The molecule has 0 atom stereocenters. The van der Waals surface area contributed by atoms with Gasteiger partial charge in [-0.15, -0.1) is 0 Å². The predicted molar refractivity (Wildman–Crippen MR) is 73.1 cm³/mol. The summed E-state index contributed by atoms with van der Waals surface area (Å²) in [7, 11) is 0. The van der Waals surface area contributed by atoms with Crippen molar-refractivity contribution in [3.8, 4) is 0 Å². The smallest absolute Gasteiger partial charge is 0.335 e. The Labute approximate surface area is 110 Å². The van der Waals surface area contributed by atoms with E-state index in [1.807, 2.05) is 25.1 Å². The zero-order chi connectivity index (χ0) is 12.8. The van der Waals surface area contributed by atoms with Crippen molar-refractivity contribution in [1.82, 2.24) is 0 Å². The van der Waals surface area contributed by atoms with Crippen LogP contribution >= 0.6 is 15.9 Å². The average Bonchev–Trinajstić information content (AvgIpc) is 2.27. The van der Waals surface area contributed by atoms with Crippen LogP contribution in [0, 0.1) is 6.92 Å². The molecule has 0 heterocycles. The largest absolute Gasteiger partial charge is 0.463 e. The van der Waals surface area contributed by atoms with Gasteiger partial charge in [0.15, 0.2) is 0 Å². The summed E-state index contributed by atoms with van der Waals surface area (Å²) in [6.07, 6.45) is 0. The molecular formula is C13H16BrNO2. The Morgan fingerprint density at radius 3 is 2.82 bits per heavy atom. The lowest BCUT2D eigenvalue weighted by atomic mass is 10.2. The fourth-order valence-electron chi connectivity index (χ4n) is 1.27. The first-order valence-corrected chi connectivity index (χ1v) is 6.18. The summed E-state index contributed by atoms with van der Waals surface area (Å²) < 4.78 is 5.82. The first-order valence-electron chi connectivity index (χ1n) is 5.39. The molecule has 0 unspecified atom stereocenters. The van der Waals surface area contributed by atoms with Gasteiger partial charge < -0.3 is 10.1 Å². The zero-order valence-electron chi connectivity index (χ0n) is 10.0. The van der Waals surface area contributed by atoms with E-state index in [1.165, 1.54) is 5.56 Å². The minimum absolute atomic E-state index is 0.358. The van der Waals surface area contributed by atoms with Crippen LogP contribution in [0.25, 0.3) is 0 Å². The highest BCUT2D eigenvalue weighted by Crippen LogP contribution is 2.23. The molecule has 1 aromatic rings. The van der Waals surface area contributed by atoms with Crippen molar-refractivity contribution in [1.29, 1.82) is 0 Å². The topological polar surface area (TPSA) is 38.3 Å². The first kappa shape index (κ1) is 13.8. The Hall–Kier alpha value is -1.29. The van der Waals surface area contributed by atoms with E-state index >= 15 is 0 Å². The molecular weight excluding hydrogens is 282 g/mol. The first-order chi connectivity index (χ1) is 8.04. The third-order valence-electron chi connectivity index (χ3n) is 2.18. The number of carbonyl (C=O) groups is 1. The minimum atomic E-state index is -0.358.